The molecule has 1 aliphatic carbocycles. The Morgan fingerprint density at radius 1 is 1.09 bits per heavy atom. The summed E-state index contributed by atoms with van der Waals surface area (Å²) in [6.45, 7) is 4.12. The molecule has 8 nitrogen and oxygen atoms in total. The number of alkyl carbamates (subject to hydrolysis) is 1. The molecule has 1 heterocycles. The molecule has 2 aromatic rings. The van der Waals surface area contributed by atoms with Crippen LogP contribution in [-0.4, -0.2) is 54.5 Å². The maximum absolute atomic E-state index is 13.1. The SMILES string of the molecule is CC(C)[C@H](CC(=O)O)NC(=O)C1(NC(=O)OCC2c3ccccc3-c3ccccc32)CCOC1. The third-order valence-corrected chi connectivity index (χ3v) is 6.66. The molecule has 0 spiro atoms. The average Bonchev–Trinajstić information content (AvgIpc) is 3.40. The number of rotatable bonds is 8. The molecule has 4 rings (SSSR count). The van der Waals surface area contributed by atoms with Gasteiger partial charge in [-0.15, -0.1) is 0 Å². The lowest BCUT2D eigenvalue weighted by atomic mass is 9.94. The second-order valence-corrected chi connectivity index (χ2v) is 9.26. The number of carboxylic acids is 1. The van der Waals surface area contributed by atoms with E-state index < -0.39 is 29.6 Å². The van der Waals surface area contributed by atoms with E-state index in [0.717, 1.165) is 22.3 Å². The van der Waals surface area contributed by atoms with Crippen LogP contribution in [0.1, 0.15) is 43.7 Å². The number of fused-ring (bicyclic) bond motifs is 3. The van der Waals surface area contributed by atoms with Gasteiger partial charge in [0.05, 0.1) is 13.0 Å². The largest absolute Gasteiger partial charge is 0.481 e. The molecule has 1 saturated heterocycles. The van der Waals surface area contributed by atoms with Crippen molar-refractivity contribution in [2.75, 3.05) is 19.8 Å². The Kier molecular flexibility index (Phi) is 6.88. The zero-order chi connectivity index (χ0) is 24.3. The highest BCUT2D eigenvalue weighted by Crippen LogP contribution is 2.44. The first-order chi connectivity index (χ1) is 16.3. The molecule has 1 aliphatic heterocycles. The quantitative estimate of drug-likeness (QED) is 0.550. The summed E-state index contributed by atoms with van der Waals surface area (Å²) in [5, 5.41) is 14.7. The molecule has 1 unspecified atom stereocenters. The van der Waals surface area contributed by atoms with Gasteiger partial charge in [-0.25, -0.2) is 4.79 Å². The van der Waals surface area contributed by atoms with E-state index in [2.05, 4.69) is 22.8 Å². The predicted octanol–water partition coefficient (Wildman–Crippen LogP) is 3.30. The Morgan fingerprint density at radius 2 is 1.71 bits per heavy atom. The first-order valence-electron chi connectivity index (χ1n) is 11.5. The fourth-order valence-corrected chi connectivity index (χ4v) is 4.68. The standard InChI is InChI=1S/C26H30N2O6/c1-16(2)22(13-23(29)30)27-24(31)26(11-12-33-15-26)28-25(32)34-14-21-19-9-5-3-7-17(19)18-8-4-6-10-20(18)21/h3-10,16,21-22H,11-15H2,1-2H3,(H,27,31)(H,28,32)(H,29,30)/t22-,26?/m0/s1. The molecule has 8 heteroatoms. The maximum Gasteiger partial charge on any atom is 0.408 e. The third-order valence-electron chi connectivity index (χ3n) is 6.66. The van der Waals surface area contributed by atoms with Gasteiger partial charge in [-0.05, 0) is 28.2 Å². The Bertz CT molecular complexity index is 1030. The highest BCUT2D eigenvalue weighted by atomic mass is 16.6. The maximum atomic E-state index is 13.1. The Morgan fingerprint density at radius 3 is 2.24 bits per heavy atom. The number of carbonyl (C=O) groups excluding carboxylic acids is 2. The number of ether oxygens (including phenoxy) is 2. The van der Waals surface area contributed by atoms with Gasteiger partial charge in [0.1, 0.15) is 12.1 Å². The van der Waals surface area contributed by atoms with Gasteiger partial charge in [0.2, 0.25) is 5.91 Å². The van der Waals surface area contributed by atoms with Crippen LogP contribution in [0.4, 0.5) is 4.79 Å². The number of carboxylic acid groups (broad SMARTS) is 1. The van der Waals surface area contributed by atoms with Gasteiger partial charge in [-0.1, -0.05) is 62.4 Å². The summed E-state index contributed by atoms with van der Waals surface area (Å²) >= 11 is 0. The Hall–Kier alpha value is -3.39. The van der Waals surface area contributed by atoms with Crippen molar-refractivity contribution in [3.63, 3.8) is 0 Å². The third kappa shape index (κ3) is 4.77. The lowest BCUT2D eigenvalue weighted by Crippen LogP contribution is -2.61. The molecule has 2 atom stereocenters. The van der Waals surface area contributed by atoms with Gasteiger partial charge < -0.3 is 25.2 Å². The van der Waals surface area contributed by atoms with Gasteiger partial charge in [0.25, 0.3) is 0 Å². The van der Waals surface area contributed by atoms with Crippen LogP contribution in [0.5, 0.6) is 0 Å². The van der Waals surface area contributed by atoms with Crippen LogP contribution >= 0.6 is 0 Å². The van der Waals surface area contributed by atoms with Crippen LogP contribution in [0, 0.1) is 5.92 Å². The number of amides is 2. The number of nitrogens with one attached hydrogen (secondary N) is 2. The van der Waals surface area contributed by atoms with Gasteiger partial charge in [-0.2, -0.15) is 0 Å². The number of hydrogen-bond donors (Lipinski definition) is 3. The first kappa shape index (κ1) is 23.8. The molecule has 34 heavy (non-hydrogen) atoms. The number of hydrogen-bond acceptors (Lipinski definition) is 5. The van der Waals surface area contributed by atoms with Crippen molar-refractivity contribution in [1.82, 2.24) is 10.6 Å². The Balaban J connectivity index is 1.44. The monoisotopic (exact) mass is 466 g/mol. The summed E-state index contributed by atoms with van der Waals surface area (Å²) in [4.78, 5) is 37.2. The second kappa shape index (κ2) is 9.85. The zero-order valence-electron chi connectivity index (χ0n) is 19.4. The molecular weight excluding hydrogens is 436 g/mol. The summed E-state index contributed by atoms with van der Waals surface area (Å²) in [5.41, 5.74) is 3.16. The molecule has 0 radical (unpaired) electrons. The molecule has 0 saturated carbocycles. The first-order valence-corrected chi connectivity index (χ1v) is 11.5. The van der Waals surface area contributed by atoms with Crippen molar-refractivity contribution < 1.29 is 29.0 Å². The van der Waals surface area contributed by atoms with Crippen LogP contribution in [0.25, 0.3) is 11.1 Å². The van der Waals surface area contributed by atoms with E-state index in [1.807, 2.05) is 50.2 Å². The van der Waals surface area contributed by atoms with Crippen molar-refractivity contribution in [2.45, 2.75) is 44.2 Å². The molecule has 2 aliphatic rings. The molecule has 2 aromatic carbocycles. The van der Waals surface area contributed by atoms with E-state index in [1.54, 1.807) is 0 Å². The smallest absolute Gasteiger partial charge is 0.408 e. The van der Waals surface area contributed by atoms with E-state index >= 15 is 0 Å². The van der Waals surface area contributed by atoms with Crippen molar-refractivity contribution in [2.24, 2.45) is 5.92 Å². The van der Waals surface area contributed by atoms with Crippen molar-refractivity contribution in [1.29, 1.82) is 0 Å². The summed E-state index contributed by atoms with van der Waals surface area (Å²) in [6, 6.07) is 15.5. The van der Waals surface area contributed by atoms with E-state index in [9.17, 15) is 14.4 Å². The predicted molar refractivity (Wildman–Crippen MR) is 125 cm³/mol. The summed E-state index contributed by atoms with van der Waals surface area (Å²) in [5.74, 6) is -1.64. The fraction of sp³-hybridized carbons (Fsp3) is 0.423. The minimum absolute atomic E-state index is 0.000908. The van der Waals surface area contributed by atoms with E-state index in [4.69, 9.17) is 14.6 Å². The van der Waals surface area contributed by atoms with Gasteiger partial charge in [-0.3, -0.25) is 9.59 Å². The lowest BCUT2D eigenvalue weighted by molar-refractivity contribution is -0.138. The van der Waals surface area contributed by atoms with Crippen molar-refractivity contribution >= 4 is 18.0 Å². The minimum Gasteiger partial charge on any atom is -0.481 e. The number of aliphatic carboxylic acids is 1. The lowest BCUT2D eigenvalue weighted by Gasteiger charge is -2.30. The van der Waals surface area contributed by atoms with E-state index in [1.165, 1.54) is 0 Å². The average molecular weight is 467 g/mol. The van der Waals surface area contributed by atoms with Crippen molar-refractivity contribution in [3.8, 4) is 11.1 Å². The van der Waals surface area contributed by atoms with Crippen molar-refractivity contribution in [3.05, 3.63) is 59.7 Å². The van der Waals surface area contributed by atoms with Crippen LogP contribution in [0.2, 0.25) is 0 Å². The number of carbonyl (C=O) groups is 3. The molecule has 2 amide bonds. The fourth-order valence-electron chi connectivity index (χ4n) is 4.68. The highest BCUT2D eigenvalue weighted by molar-refractivity contribution is 5.91. The van der Waals surface area contributed by atoms with Gasteiger partial charge in [0.15, 0.2) is 0 Å². The molecule has 3 N–H and O–H groups in total. The normalized spacial score (nSPS) is 19.9. The summed E-state index contributed by atoms with van der Waals surface area (Å²) < 4.78 is 11.0. The highest BCUT2D eigenvalue weighted by Gasteiger charge is 2.45. The van der Waals surface area contributed by atoms with Crippen LogP contribution in [-0.2, 0) is 19.1 Å². The topological polar surface area (TPSA) is 114 Å². The molecule has 1 fully saturated rings. The van der Waals surface area contributed by atoms with E-state index in [0.29, 0.717) is 6.61 Å². The summed E-state index contributed by atoms with van der Waals surface area (Å²) in [6.07, 6.45) is -0.631. The van der Waals surface area contributed by atoms with Gasteiger partial charge >= 0.3 is 12.1 Å². The number of benzene rings is 2. The zero-order valence-corrected chi connectivity index (χ0v) is 19.4. The Labute approximate surface area is 198 Å². The summed E-state index contributed by atoms with van der Waals surface area (Å²) in [7, 11) is 0. The molecular formula is C26H30N2O6. The second-order valence-electron chi connectivity index (χ2n) is 9.26. The molecule has 180 valence electrons. The van der Waals surface area contributed by atoms with E-state index in [-0.39, 0.29) is 37.9 Å². The van der Waals surface area contributed by atoms with Crippen LogP contribution in [0.3, 0.4) is 0 Å². The van der Waals surface area contributed by atoms with Crippen LogP contribution < -0.4 is 10.6 Å². The molecule has 0 bridgehead atoms. The van der Waals surface area contributed by atoms with Crippen LogP contribution in [0.15, 0.2) is 48.5 Å². The molecule has 0 aromatic heterocycles. The van der Waals surface area contributed by atoms with Gasteiger partial charge in [0, 0.05) is 25.0 Å². The minimum atomic E-state index is -1.30.